The summed E-state index contributed by atoms with van der Waals surface area (Å²) in [6, 6.07) is 17.8. The molecule has 0 atom stereocenters. The number of hydrogen-bond donors (Lipinski definition) is 3. The fourth-order valence-corrected chi connectivity index (χ4v) is 4.05. The van der Waals surface area contributed by atoms with Crippen molar-refractivity contribution in [3.8, 4) is 39.5 Å². The molecule has 32 heavy (non-hydrogen) atoms. The Labute approximate surface area is 181 Å². The van der Waals surface area contributed by atoms with Crippen molar-refractivity contribution in [1.82, 2.24) is 25.1 Å². The highest BCUT2D eigenvalue weighted by molar-refractivity contribution is 6.01. The minimum atomic E-state index is -0.506. The molecule has 0 aliphatic carbocycles. The standard InChI is InChI=1S/C25H16FN5O/c26-16-7-15(8-17(32)10-16)20-12-27-13-24-18(20)11-23(29-24)25-19-9-14(4-5-22(19)30-31-25)21-3-1-2-6-28-21/h1-13,29,32H,(H,30,31). The van der Waals surface area contributed by atoms with Crippen LogP contribution < -0.4 is 0 Å². The Morgan fingerprint density at radius 2 is 1.78 bits per heavy atom. The highest BCUT2D eigenvalue weighted by Gasteiger charge is 2.15. The fourth-order valence-electron chi connectivity index (χ4n) is 4.05. The van der Waals surface area contributed by atoms with Crippen molar-refractivity contribution in [1.29, 1.82) is 0 Å². The zero-order valence-electron chi connectivity index (χ0n) is 16.7. The molecule has 0 aliphatic rings. The molecule has 0 spiro atoms. The predicted octanol–water partition coefficient (Wildman–Crippen LogP) is 5.68. The van der Waals surface area contributed by atoms with Crippen molar-refractivity contribution in [2.24, 2.45) is 0 Å². The topological polar surface area (TPSA) is 90.5 Å². The summed E-state index contributed by atoms with van der Waals surface area (Å²) >= 11 is 0. The third-order valence-electron chi connectivity index (χ3n) is 5.52. The van der Waals surface area contributed by atoms with Crippen LogP contribution in [0.4, 0.5) is 4.39 Å². The molecule has 0 fully saturated rings. The second-order valence-corrected chi connectivity index (χ2v) is 7.58. The van der Waals surface area contributed by atoms with Crippen molar-refractivity contribution in [3.63, 3.8) is 0 Å². The van der Waals surface area contributed by atoms with Crippen LogP contribution >= 0.6 is 0 Å². The van der Waals surface area contributed by atoms with Gasteiger partial charge in [0.25, 0.3) is 0 Å². The van der Waals surface area contributed by atoms with Crippen LogP contribution in [0.25, 0.3) is 55.6 Å². The van der Waals surface area contributed by atoms with Crippen molar-refractivity contribution < 1.29 is 9.50 Å². The van der Waals surface area contributed by atoms with Crippen LogP contribution in [0.5, 0.6) is 5.75 Å². The number of benzene rings is 2. The van der Waals surface area contributed by atoms with E-state index in [1.165, 1.54) is 12.1 Å². The Hall–Kier alpha value is -4.52. The van der Waals surface area contributed by atoms with E-state index >= 15 is 0 Å². The summed E-state index contributed by atoms with van der Waals surface area (Å²) in [7, 11) is 0. The normalized spacial score (nSPS) is 11.4. The Morgan fingerprint density at radius 1 is 0.844 bits per heavy atom. The summed E-state index contributed by atoms with van der Waals surface area (Å²) in [6.07, 6.45) is 5.15. The van der Waals surface area contributed by atoms with Gasteiger partial charge in [-0.2, -0.15) is 5.10 Å². The molecule has 0 saturated heterocycles. The Kier molecular flexibility index (Phi) is 4.01. The lowest BCUT2D eigenvalue weighted by atomic mass is 10.0. The molecule has 0 saturated carbocycles. The maximum absolute atomic E-state index is 13.9. The van der Waals surface area contributed by atoms with Gasteiger partial charge in [-0.25, -0.2) is 4.39 Å². The molecule has 0 bridgehead atoms. The first-order chi connectivity index (χ1) is 15.7. The first-order valence-electron chi connectivity index (χ1n) is 10.0. The lowest BCUT2D eigenvalue weighted by Crippen LogP contribution is -1.84. The number of halogens is 1. The van der Waals surface area contributed by atoms with Gasteiger partial charge in [0, 0.05) is 40.4 Å². The quantitative estimate of drug-likeness (QED) is 0.343. The van der Waals surface area contributed by atoms with Crippen LogP contribution in [-0.2, 0) is 0 Å². The number of pyridine rings is 2. The minimum absolute atomic E-state index is 0.131. The molecule has 6 rings (SSSR count). The van der Waals surface area contributed by atoms with E-state index in [1.54, 1.807) is 18.6 Å². The van der Waals surface area contributed by atoms with E-state index in [0.717, 1.165) is 50.5 Å². The number of aromatic hydroxyl groups is 1. The monoisotopic (exact) mass is 421 g/mol. The number of phenols is 1. The van der Waals surface area contributed by atoms with E-state index in [4.69, 9.17) is 0 Å². The zero-order chi connectivity index (χ0) is 21.7. The van der Waals surface area contributed by atoms with Crippen molar-refractivity contribution in [2.45, 2.75) is 0 Å². The lowest BCUT2D eigenvalue weighted by molar-refractivity contribution is 0.469. The molecule has 2 aromatic carbocycles. The number of aromatic amines is 2. The van der Waals surface area contributed by atoms with Crippen LogP contribution in [0.3, 0.4) is 0 Å². The molecule has 0 unspecified atom stereocenters. The molecule has 4 aromatic heterocycles. The number of aromatic nitrogens is 5. The van der Waals surface area contributed by atoms with Gasteiger partial charge in [-0.05, 0) is 48.0 Å². The second-order valence-electron chi connectivity index (χ2n) is 7.58. The zero-order valence-corrected chi connectivity index (χ0v) is 16.7. The number of hydrogen-bond acceptors (Lipinski definition) is 4. The van der Waals surface area contributed by atoms with Gasteiger partial charge in [0.05, 0.1) is 28.6 Å². The summed E-state index contributed by atoms with van der Waals surface area (Å²) in [6.45, 7) is 0. The predicted molar refractivity (Wildman–Crippen MR) is 121 cm³/mol. The van der Waals surface area contributed by atoms with Gasteiger partial charge >= 0.3 is 0 Å². The van der Waals surface area contributed by atoms with Crippen LogP contribution in [0.1, 0.15) is 0 Å². The van der Waals surface area contributed by atoms with Crippen LogP contribution in [0, 0.1) is 5.82 Å². The van der Waals surface area contributed by atoms with Crippen LogP contribution in [0.15, 0.2) is 79.3 Å². The number of rotatable bonds is 3. The van der Waals surface area contributed by atoms with E-state index in [1.807, 2.05) is 36.4 Å². The third kappa shape index (κ3) is 2.99. The Balaban J connectivity index is 1.52. The van der Waals surface area contributed by atoms with E-state index in [9.17, 15) is 9.50 Å². The van der Waals surface area contributed by atoms with Crippen molar-refractivity contribution in [3.05, 3.63) is 85.1 Å². The van der Waals surface area contributed by atoms with Gasteiger partial charge in [0.2, 0.25) is 0 Å². The van der Waals surface area contributed by atoms with Crippen LogP contribution in [0.2, 0.25) is 0 Å². The molecular formula is C25H16FN5O. The summed E-state index contributed by atoms with van der Waals surface area (Å²) in [5, 5.41) is 19.3. The molecule has 0 aliphatic heterocycles. The summed E-state index contributed by atoms with van der Waals surface area (Å²) in [5.41, 5.74) is 6.42. The average Bonchev–Trinajstić information content (AvgIpc) is 3.42. The van der Waals surface area contributed by atoms with E-state index in [0.29, 0.717) is 11.1 Å². The first-order valence-corrected chi connectivity index (χ1v) is 10.0. The molecule has 0 radical (unpaired) electrons. The molecule has 6 aromatic rings. The molecule has 154 valence electrons. The van der Waals surface area contributed by atoms with Crippen molar-refractivity contribution >= 4 is 21.8 Å². The van der Waals surface area contributed by atoms with E-state index < -0.39 is 5.82 Å². The van der Waals surface area contributed by atoms with Gasteiger partial charge in [-0.3, -0.25) is 15.1 Å². The molecule has 7 heteroatoms. The van der Waals surface area contributed by atoms with Crippen LogP contribution in [-0.4, -0.2) is 30.3 Å². The first kappa shape index (κ1) is 18.3. The number of fused-ring (bicyclic) bond motifs is 2. The van der Waals surface area contributed by atoms with Gasteiger partial charge in [-0.15, -0.1) is 0 Å². The number of phenolic OH excluding ortho intramolecular Hbond substituents is 1. The maximum Gasteiger partial charge on any atom is 0.127 e. The molecular weight excluding hydrogens is 405 g/mol. The maximum atomic E-state index is 13.9. The Morgan fingerprint density at radius 3 is 2.62 bits per heavy atom. The largest absolute Gasteiger partial charge is 0.508 e. The summed E-state index contributed by atoms with van der Waals surface area (Å²) in [4.78, 5) is 12.1. The highest BCUT2D eigenvalue weighted by Crippen LogP contribution is 2.35. The van der Waals surface area contributed by atoms with Gasteiger partial charge < -0.3 is 10.1 Å². The molecule has 6 nitrogen and oxygen atoms in total. The van der Waals surface area contributed by atoms with Gasteiger partial charge in [0.1, 0.15) is 17.3 Å². The lowest BCUT2D eigenvalue weighted by Gasteiger charge is -2.04. The molecule has 3 N–H and O–H groups in total. The van der Waals surface area contributed by atoms with E-state index in [-0.39, 0.29) is 5.75 Å². The second kappa shape index (κ2) is 7.02. The fraction of sp³-hybridized carbons (Fsp3) is 0. The molecule has 4 heterocycles. The number of nitrogens with one attached hydrogen (secondary N) is 2. The number of H-pyrrole nitrogens is 2. The van der Waals surface area contributed by atoms with E-state index in [2.05, 4.69) is 31.2 Å². The average molecular weight is 421 g/mol. The smallest absolute Gasteiger partial charge is 0.127 e. The summed E-state index contributed by atoms with van der Waals surface area (Å²) < 4.78 is 13.9. The Bertz CT molecular complexity index is 1580. The minimum Gasteiger partial charge on any atom is -0.508 e. The SMILES string of the molecule is Oc1cc(F)cc(-c2cncc3[nH]c(-c4n[nH]c5ccc(-c6ccccn6)cc45)cc23)c1. The summed E-state index contributed by atoms with van der Waals surface area (Å²) in [5.74, 6) is -0.638. The molecule has 0 amide bonds. The van der Waals surface area contributed by atoms with Crippen molar-refractivity contribution in [2.75, 3.05) is 0 Å². The highest BCUT2D eigenvalue weighted by atomic mass is 19.1. The van der Waals surface area contributed by atoms with Gasteiger partial charge in [0.15, 0.2) is 0 Å². The third-order valence-corrected chi connectivity index (χ3v) is 5.52. The number of nitrogens with zero attached hydrogens (tertiary/aromatic N) is 3. The van der Waals surface area contributed by atoms with Gasteiger partial charge in [-0.1, -0.05) is 12.1 Å².